The highest BCUT2D eigenvalue weighted by Crippen LogP contribution is 2.17. The molecule has 0 aliphatic heterocycles. The smallest absolute Gasteiger partial charge is 0.0745 e. The molecule has 0 aliphatic carbocycles. The molecule has 0 heterocycles. The number of anilines is 1. The van der Waals surface area contributed by atoms with Crippen molar-refractivity contribution in [3.63, 3.8) is 0 Å². The van der Waals surface area contributed by atoms with E-state index in [0.717, 1.165) is 18.8 Å². The zero-order chi connectivity index (χ0) is 13.6. The fourth-order valence-corrected chi connectivity index (χ4v) is 1.75. The van der Waals surface area contributed by atoms with E-state index in [4.69, 9.17) is 18.0 Å². The summed E-state index contributed by atoms with van der Waals surface area (Å²) in [6.07, 6.45) is 1.40. The van der Waals surface area contributed by atoms with Gasteiger partial charge in [-0.1, -0.05) is 30.4 Å². The van der Waals surface area contributed by atoms with Gasteiger partial charge in [0.05, 0.1) is 10.6 Å². The molecule has 0 atom stereocenters. The van der Waals surface area contributed by atoms with E-state index in [1.54, 1.807) is 0 Å². The number of thiocarbonyl (C=S) groups is 1. The minimum atomic E-state index is -0.656. The monoisotopic (exact) mass is 266 g/mol. The summed E-state index contributed by atoms with van der Waals surface area (Å²) >= 11 is 4.92. The lowest BCUT2D eigenvalue weighted by molar-refractivity contribution is 0.0731. The van der Waals surface area contributed by atoms with Crippen molar-refractivity contribution < 1.29 is 5.11 Å². The molecular formula is C14H22N2OS. The van der Waals surface area contributed by atoms with Gasteiger partial charge in [-0.3, -0.25) is 0 Å². The van der Waals surface area contributed by atoms with Crippen LogP contribution >= 0.6 is 12.2 Å². The Morgan fingerprint density at radius 2 is 1.89 bits per heavy atom. The summed E-state index contributed by atoms with van der Waals surface area (Å²) in [7, 11) is 0. The van der Waals surface area contributed by atoms with Gasteiger partial charge in [0.2, 0.25) is 0 Å². The zero-order valence-electron chi connectivity index (χ0n) is 11.1. The molecule has 4 heteroatoms. The van der Waals surface area contributed by atoms with Gasteiger partial charge in [-0.15, -0.1) is 0 Å². The molecule has 100 valence electrons. The predicted octanol–water partition coefficient (Wildman–Crippen LogP) is 2.33. The molecule has 0 bridgehead atoms. The summed E-state index contributed by atoms with van der Waals surface area (Å²) in [4.78, 5) is 2.73. The van der Waals surface area contributed by atoms with Crippen molar-refractivity contribution in [2.24, 2.45) is 5.73 Å². The third kappa shape index (κ3) is 5.98. The molecule has 3 N–H and O–H groups in total. The molecule has 18 heavy (non-hydrogen) atoms. The van der Waals surface area contributed by atoms with Crippen LogP contribution in [0.25, 0.3) is 0 Å². The van der Waals surface area contributed by atoms with Crippen LogP contribution in [0.2, 0.25) is 0 Å². The van der Waals surface area contributed by atoms with E-state index < -0.39 is 5.60 Å². The number of aliphatic hydroxyl groups is 1. The van der Waals surface area contributed by atoms with Gasteiger partial charge in [-0.05, 0) is 32.4 Å². The second-order valence-corrected chi connectivity index (χ2v) is 5.63. The Kier molecular flexibility index (Phi) is 5.56. The summed E-state index contributed by atoms with van der Waals surface area (Å²) in [5, 5.41) is 9.81. The number of nitrogens with two attached hydrogens (primary N) is 1. The van der Waals surface area contributed by atoms with Gasteiger partial charge >= 0.3 is 0 Å². The van der Waals surface area contributed by atoms with Crippen LogP contribution in [-0.4, -0.2) is 28.8 Å². The summed E-state index contributed by atoms with van der Waals surface area (Å²) in [6.45, 7) is 5.22. The third-order valence-corrected chi connectivity index (χ3v) is 2.95. The van der Waals surface area contributed by atoms with E-state index in [1.165, 1.54) is 0 Å². The average Bonchev–Trinajstić information content (AvgIpc) is 2.28. The highest BCUT2D eigenvalue weighted by molar-refractivity contribution is 7.80. The maximum Gasteiger partial charge on any atom is 0.0745 e. The summed E-state index contributed by atoms with van der Waals surface area (Å²) in [5.41, 5.74) is 6.04. The fraction of sp³-hybridized carbons (Fsp3) is 0.500. The van der Waals surface area contributed by atoms with Crippen molar-refractivity contribution in [1.82, 2.24) is 0 Å². The molecule has 0 saturated heterocycles. The molecule has 0 fully saturated rings. The van der Waals surface area contributed by atoms with Crippen molar-refractivity contribution in [2.75, 3.05) is 18.0 Å². The molecule has 1 rings (SSSR count). The first-order valence-electron chi connectivity index (χ1n) is 6.19. The van der Waals surface area contributed by atoms with E-state index in [9.17, 15) is 5.11 Å². The maximum absolute atomic E-state index is 9.81. The Hall–Kier alpha value is -1.13. The van der Waals surface area contributed by atoms with Crippen LogP contribution < -0.4 is 10.6 Å². The van der Waals surface area contributed by atoms with Crippen LogP contribution in [0.5, 0.6) is 0 Å². The standard InChI is InChI=1S/C14H22N2OS/c1-14(2,17)9-11-16(10-8-13(15)18)12-6-4-3-5-7-12/h3-7,17H,8-11H2,1-2H3,(H2,15,18). The van der Waals surface area contributed by atoms with Crippen molar-refractivity contribution in [1.29, 1.82) is 0 Å². The van der Waals surface area contributed by atoms with Gasteiger partial charge in [-0.25, -0.2) is 0 Å². The highest BCUT2D eigenvalue weighted by Gasteiger charge is 2.15. The Morgan fingerprint density at radius 3 is 2.39 bits per heavy atom. The average molecular weight is 266 g/mol. The van der Waals surface area contributed by atoms with Crippen LogP contribution in [0.1, 0.15) is 26.7 Å². The minimum Gasteiger partial charge on any atom is -0.393 e. The van der Waals surface area contributed by atoms with Crippen molar-refractivity contribution in [3.05, 3.63) is 30.3 Å². The van der Waals surface area contributed by atoms with Gasteiger partial charge in [-0.2, -0.15) is 0 Å². The molecule has 1 aromatic rings. The van der Waals surface area contributed by atoms with Gasteiger partial charge in [0, 0.05) is 25.2 Å². The zero-order valence-corrected chi connectivity index (χ0v) is 11.9. The Labute approximate surface area is 115 Å². The van der Waals surface area contributed by atoms with Gasteiger partial charge < -0.3 is 15.7 Å². The molecule has 3 nitrogen and oxygen atoms in total. The Morgan fingerprint density at radius 1 is 1.28 bits per heavy atom. The van der Waals surface area contributed by atoms with Crippen LogP contribution in [0, 0.1) is 0 Å². The van der Waals surface area contributed by atoms with Gasteiger partial charge in [0.1, 0.15) is 0 Å². The van der Waals surface area contributed by atoms with Crippen LogP contribution in [0.15, 0.2) is 30.3 Å². The normalized spacial score (nSPS) is 11.3. The molecule has 0 saturated carbocycles. The summed E-state index contributed by atoms with van der Waals surface area (Å²) in [6, 6.07) is 10.1. The van der Waals surface area contributed by atoms with Crippen LogP contribution in [0.3, 0.4) is 0 Å². The molecule has 0 amide bonds. The first kappa shape index (κ1) is 14.9. The van der Waals surface area contributed by atoms with Gasteiger partial charge in [0.15, 0.2) is 0 Å². The number of hydrogen-bond donors (Lipinski definition) is 2. The second-order valence-electron chi connectivity index (χ2n) is 5.10. The van der Waals surface area contributed by atoms with E-state index >= 15 is 0 Å². The fourth-order valence-electron chi connectivity index (χ4n) is 1.66. The molecule has 0 radical (unpaired) electrons. The number of hydrogen-bond acceptors (Lipinski definition) is 3. The van der Waals surface area contributed by atoms with Gasteiger partial charge in [0.25, 0.3) is 0 Å². The molecule has 0 unspecified atom stereocenters. The lowest BCUT2D eigenvalue weighted by atomic mass is 10.1. The minimum absolute atomic E-state index is 0.527. The largest absolute Gasteiger partial charge is 0.393 e. The molecular weight excluding hydrogens is 244 g/mol. The lowest BCUT2D eigenvalue weighted by Crippen LogP contribution is -2.33. The second kappa shape index (κ2) is 6.71. The third-order valence-electron chi connectivity index (χ3n) is 2.74. The maximum atomic E-state index is 9.81. The first-order valence-corrected chi connectivity index (χ1v) is 6.60. The van der Waals surface area contributed by atoms with Crippen molar-refractivity contribution in [2.45, 2.75) is 32.3 Å². The lowest BCUT2D eigenvalue weighted by Gasteiger charge is -2.28. The quantitative estimate of drug-likeness (QED) is 0.744. The molecule has 1 aromatic carbocycles. The SMILES string of the molecule is CC(C)(O)CCN(CCC(N)=S)c1ccccc1. The van der Waals surface area contributed by atoms with Crippen molar-refractivity contribution in [3.8, 4) is 0 Å². The topological polar surface area (TPSA) is 49.5 Å². The number of benzene rings is 1. The summed E-state index contributed by atoms with van der Waals surface area (Å²) < 4.78 is 0. The van der Waals surface area contributed by atoms with Crippen molar-refractivity contribution >= 4 is 22.9 Å². The summed E-state index contributed by atoms with van der Waals surface area (Å²) in [5.74, 6) is 0. The van der Waals surface area contributed by atoms with E-state index in [1.807, 2.05) is 32.0 Å². The van der Waals surface area contributed by atoms with E-state index in [-0.39, 0.29) is 0 Å². The van der Waals surface area contributed by atoms with E-state index in [0.29, 0.717) is 17.8 Å². The molecule has 0 aliphatic rings. The number of para-hydroxylation sites is 1. The molecule has 0 spiro atoms. The number of nitrogens with zero attached hydrogens (tertiary/aromatic N) is 1. The van der Waals surface area contributed by atoms with Crippen LogP contribution in [-0.2, 0) is 0 Å². The Balaban J connectivity index is 2.66. The van der Waals surface area contributed by atoms with Crippen LogP contribution in [0.4, 0.5) is 5.69 Å². The Bertz CT molecular complexity index is 373. The van der Waals surface area contributed by atoms with E-state index in [2.05, 4.69) is 17.0 Å². The highest BCUT2D eigenvalue weighted by atomic mass is 32.1. The first-order chi connectivity index (χ1) is 8.38. The predicted molar refractivity (Wildman–Crippen MR) is 81.0 cm³/mol. The number of rotatable bonds is 7. The molecule has 0 aromatic heterocycles.